The minimum Gasteiger partial charge on any atom is -0.388 e. The number of hydrogen-bond donors (Lipinski definition) is 1. The van der Waals surface area contributed by atoms with Crippen LogP contribution >= 0.6 is 23.4 Å². The Kier molecular flexibility index (Phi) is 4.86. The summed E-state index contributed by atoms with van der Waals surface area (Å²) in [4.78, 5) is 1.04. The number of hydrogen-bond acceptors (Lipinski definition) is 2. The minimum atomic E-state index is -0.611. The smallest absolute Gasteiger partial charge is 0.126 e. The van der Waals surface area contributed by atoms with Gasteiger partial charge in [0.15, 0.2) is 0 Å². The van der Waals surface area contributed by atoms with Gasteiger partial charge in [-0.05, 0) is 48.4 Å². The maximum absolute atomic E-state index is 13.2. The van der Waals surface area contributed by atoms with Crippen LogP contribution in [0.4, 0.5) is 4.39 Å². The topological polar surface area (TPSA) is 20.2 Å². The van der Waals surface area contributed by atoms with Gasteiger partial charge < -0.3 is 5.11 Å². The molecular formula is C15H14ClFOS. The number of aliphatic hydroxyl groups is 1. The number of benzene rings is 2. The van der Waals surface area contributed by atoms with Crippen molar-refractivity contribution in [1.82, 2.24) is 0 Å². The van der Waals surface area contributed by atoms with E-state index >= 15 is 0 Å². The molecular weight excluding hydrogens is 283 g/mol. The van der Waals surface area contributed by atoms with Gasteiger partial charge in [0.2, 0.25) is 0 Å². The van der Waals surface area contributed by atoms with E-state index in [0.29, 0.717) is 16.3 Å². The number of aryl methyl sites for hydroxylation is 1. The molecule has 1 unspecified atom stereocenters. The van der Waals surface area contributed by atoms with Crippen molar-refractivity contribution in [2.45, 2.75) is 17.9 Å². The van der Waals surface area contributed by atoms with Crippen LogP contribution in [0.15, 0.2) is 47.4 Å². The van der Waals surface area contributed by atoms with Crippen molar-refractivity contribution in [2.75, 3.05) is 5.75 Å². The fourth-order valence-electron chi connectivity index (χ4n) is 1.68. The van der Waals surface area contributed by atoms with Crippen LogP contribution in [0.2, 0.25) is 5.02 Å². The highest BCUT2D eigenvalue weighted by molar-refractivity contribution is 7.99. The van der Waals surface area contributed by atoms with E-state index in [9.17, 15) is 9.50 Å². The second-order valence-electron chi connectivity index (χ2n) is 4.29. The highest BCUT2D eigenvalue weighted by atomic mass is 35.5. The lowest BCUT2D eigenvalue weighted by Crippen LogP contribution is -2.01. The average Bonchev–Trinajstić information content (AvgIpc) is 2.41. The first kappa shape index (κ1) is 14.4. The normalized spacial score (nSPS) is 12.4. The summed E-state index contributed by atoms with van der Waals surface area (Å²) >= 11 is 7.35. The van der Waals surface area contributed by atoms with E-state index in [1.165, 1.54) is 17.8 Å². The first-order valence-corrected chi connectivity index (χ1v) is 7.25. The molecule has 0 bridgehead atoms. The fraction of sp³-hybridized carbons (Fsp3) is 0.200. The van der Waals surface area contributed by atoms with Crippen molar-refractivity contribution in [3.8, 4) is 0 Å². The summed E-state index contributed by atoms with van der Waals surface area (Å²) in [6.45, 7) is 1.69. The van der Waals surface area contributed by atoms with Crippen LogP contribution in [0.25, 0.3) is 0 Å². The molecule has 2 aromatic carbocycles. The van der Waals surface area contributed by atoms with E-state index in [2.05, 4.69) is 0 Å². The monoisotopic (exact) mass is 296 g/mol. The van der Waals surface area contributed by atoms with Gasteiger partial charge in [0.25, 0.3) is 0 Å². The molecule has 0 heterocycles. The van der Waals surface area contributed by atoms with Crippen molar-refractivity contribution in [3.63, 3.8) is 0 Å². The van der Waals surface area contributed by atoms with E-state index in [1.54, 1.807) is 19.1 Å². The van der Waals surface area contributed by atoms with Crippen LogP contribution in [0.1, 0.15) is 17.2 Å². The van der Waals surface area contributed by atoms with Crippen molar-refractivity contribution in [1.29, 1.82) is 0 Å². The molecule has 0 amide bonds. The molecule has 0 saturated heterocycles. The molecule has 2 aromatic rings. The number of rotatable bonds is 4. The molecule has 2 rings (SSSR count). The Morgan fingerprint density at radius 3 is 2.53 bits per heavy atom. The molecule has 0 spiro atoms. The molecule has 0 fully saturated rings. The van der Waals surface area contributed by atoms with Gasteiger partial charge in [0, 0.05) is 15.7 Å². The molecule has 0 aromatic heterocycles. The SMILES string of the molecule is Cc1cc(C(O)CSc2ccc(Cl)cc2)ccc1F. The molecule has 1 N–H and O–H groups in total. The zero-order valence-corrected chi connectivity index (χ0v) is 12.0. The van der Waals surface area contributed by atoms with Crippen LogP contribution in [0.5, 0.6) is 0 Å². The lowest BCUT2D eigenvalue weighted by molar-refractivity contribution is 0.204. The summed E-state index contributed by atoms with van der Waals surface area (Å²) in [6.07, 6.45) is -0.611. The number of aliphatic hydroxyl groups excluding tert-OH is 1. The lowest BCUT2D eigenvalue weighted by Gasteiger charge is -2.11. The van der Waals surface area contributed by atoms with E-state index in [4.69, 9.17) is 11.6 Å². The Morgan fingerprint density at radius 1 is 1.21 bits per heavy atom. The first-order chi connectivity index (χ1) is 9.06. The Morgan fingerprint density at radius 2 is 1.89 bits per heavy atom. The predicted molar refractivity (Wildman–Crippen MR) is 78.3 cm³/mol. The molecule has 0 aliphatic heterocycles. The third-order valence-corrected chi connectivity index (χ3v) is 4.13. The van der Waals surface area contributed by atoms with Crippen LogP contribution < -0.4 is 0 Å². The second-order valence-corrected chi connectivity index (χ2v) is 5.82. The number of thioether (sulfide) groups is 1. The van der Waals surface area contributed by atoms with E-state index in [0.717, 1.165) is 10.5 Å². The van der Waals surface area contributed by atoms with Gasteiger partial charge in [-0.3, -0.25) is 0 Å². The minimum absolute atomic E-state index is 0.249. The van der Waals surface area contributed by atoms with Crippen LogP contribution in [0.3, 0.4) is 0 Å². The first-order valence-electron chi connectivity index (χ1n) is 5.89. The summed E-state index contributed by atoms with van der Waals surface area (Å²) in [5, 5.41) is 10.8. The molecule has 19 heavy (non-hydrogen) atoms. The van der Waals surface area contributed by atoms with E-state index < -0.39 is 6.10 Å². The molecule has 0 saturated carbocycles. The summed E-state index contributed by atoms with van der Waals surface area (Å²) < 4.78 is 13.2. The maximum Gasteiger partial charge on any atom is 0.126 e. The van der Waals surface area contributed by atoms with Crippen LogP contribution in [-0.4, -0.2) is 10.9 Å². The second kappa shape index (κ2) is 6.42. The molecule has 0 radical (unpaired) electrons. The Bertz CT molecular complexity index is 557. The predicted octanol–water partition coefficient (Wildman–Crippen LogP) is 4.61. The van der Waals surface area contributed by atoms with Gasteiger partial charge in [0.05, 0.1) is 6.10 Å². The van der Waals surface area contributed by atoms with Crippen molar-refractivity contribution in [2.24, 2.45) is 0 Å². The fourth-order valence-corrected chi connectivity index (χ4v) is 2.67. The summed E-state index contributed by atoms with van der Waals surface area (Å²) in [6, 6.07) is 12.2. The largest absolute Gasteiger partial charge is 0.388 e. The third-order valence-electron chi connectivity index (χ3n) is 2.79. The van der Waals surface area contributed by atoms with Gasteiger partial charge in [-0.1, -0.05) is 23.7 Å². The Balaban J connectivity index is 1.98. The maximum atomic E-state index is 13.2. The van der Waals surface area contributed by atoms with Gasteiger partial charge in [-0.25, -0.2) is 4.39 Å². The number of halogens is 2. The van der Waals surface area contributed by atoms with Gasteiger partial charge in [0.1, 0.15) is 5.82 Å². The standard InChI is InChI=1S/C15H14ClFOS/c1-10-8-11(2-7-14(10)17)15(18)9-19-13-5-3-12(16)4-6-13/h2-8,15,18H,9H2,1H3. The summed E-state index contributed by atoms with van der Waals surface area (Å²) in [7, 11) is 0. The summed E-state index contributed by atoms with van der Waals surface area (Å²) in [5.41, 5.74) is 1.29. The van der Waals surface area contributed by atoms with Crippen LogP contribution in [0, 0.1) is 12.7 Å². The van der Waals surface area contributed by atoms with Crippen molar-refractivity contribution in [3.05, 3.63) is 64.4 Å². The average molecular weight is 297 g/mol. The van der Waals surface area contributed by atoms with Gasteiger partial charge in [-0.15, -0.1) is 11.8 Å². The molecule has 0 aliphatic rings. The van der Waals surface area contributed by atoms with Gasteiger partial charge >= 0.3 is 0 Å². The molecule has 1 atom stereocenters. The molecule has 100 valence electrons. The van der Waals surface area contributed by atoms with Gasteiger partial charge in [-0.2, -0.15) is 0 Å². The Hall–Kier alpha value is -1.03. The molecule has 0 aliphatic carbocycles. The zero-order valence-electron chi connectivity index (χ0n) is 10.4. The van der Waals surface area contributed by atoms with Crippen molar-refractivity contribution >= 4 is 23.4 Å². The van der Waals surface area contributed by atoms with Crippen LogP contribution in [-0.2, 0) is 0 Å². The molecule has 1 nitrogen and oxygen atoms in total. The zero-order chi connectivity index (χ0) is 13.8. The molecule has 4 heteroatoms. The lowest BCUT2D eigenvalue weighted by atomic mass is 10.1. The van der Waals surface area contributed by atoms with E-state index in [1.807, 2.05) is 24.3 Å². The summed E-state index contributed by atoms with van der Waals surface area (Å²) in [5.74, 6) is 0.272. The Labute approximate surface area is 121 Å². The third kappa shape index (κ3) is 3.96. The highest BCUT2D eigenvalue weighted by Crippen LogP contribution is 2.26. The quantitative estimate of drug-likeness (QED) is 0.831. The van der Waals surface area contributed by atoms with E-state index in [-0.39, 0.29) is 5.82 Å². The highest BCUT2D eigenvalue weighted by Gasteiger charge is 2.10. The van der Waals surface area contributed by atoms with Crippen molar-refractivity contribution < 1.29 is 9.50 Å².